The van der Waals surface area contributed by atoms with Crippen LogP contribution in [0, 0.1) is 5.92 Å². The number of rotatable bonds is 6. The van der Waals surface area contributed by atoms with Gasteiger partial charge in [0.15, 0.2) is 0 Å². The molecule has 0 aliphatic carbocycles. The third-order valence-corrected chi connectivity index (χ3v) is 4.87. The Balaban J connectivity index is 1.86. The molecule has 2 aromatic rings. The van der Waals surface area contributed by atoms with E-state index in [-0.39, 0.29) is 12.0 Å². The molecule has 0 bridgehead atoms. The highest BCUT2D eigenvalue weighted by atomic mass is 16.5. The van der Waals surface area contributed by atoms with Crippen LogP contribution in [0.25, 0.3) is 0 Å². The normalized spacial score (nSPS) is 19.3. The predicted molar refractivity (Wildman–Crippen MR) is 95.6 cm³/mol. The first kappa shape index (κ1) is 17.4. The van der Waals surface area contributed by atoms with Gasteiger partial charge in [0.05, 0.1) is 13.0 Å². The summed E-state index contributed by atoms with van der Waals surface area (Å²) in [6.07, 6.45) is 4.23. The fourth-order valence-corrected chi connectivity index (χ4v) is 3.49. The van der Waals surface area contributed by atoms with E-state index in [0.717, 1.165) is 42.8 Å². The predicted octanol–water partition coefficient (Wildman–Crippen LogP) is 3.17. The van der Waals surface area contributed by atoms with E-state index in [1.54, 1.807) is 13.3 Å². The number of carbonyl (C=O) groups is 1. The molecule has 132 valence electrons. The van der Waals surface area contributed by atoms with Crippen molar-refractivity contribution in [3.63, 3.8) is 0 Å². The molecule has 5 nitrogen and oxygen atoms in total. The van der Waals surface area contributed by atoms with E-state index in [9.17, 15) is 9.90 Å². The minimum absolute atomic E-state index is 0.114. The number of carboxylic acid groups (broad SMARTS) is 1. The number of carboxylic acids is 1. The molecule has 1 aliphatic rings. The maximum Gasteiger partial charge on any atom is 0.307 e. The first-order chi connectivity index (χ1) is 12.2. The van der Waals surface area contributed by atoms with Crippen LogP contribution in [0.15, 0.2) is 48.7 Å². The number of ether oxygens (including phenoxy) is 1. The van der Waals surface area contributed by atoms with Crippen LogP contribution in [0.1, 0.15) is 30.1 Å². The van der Waals surface area contributed by atoms with Crippen molar-refractivity contribution < 1.29 is 14.6 Å². The third kappa shape index (κ3) is 4.37. The molecule has 1 fully saturated rings. The summed E-state index contributed by atoms with van der Waals surface area (Å²) in [5, 5.41) is 9.41. The summed E-state index contributed by atoms with van der Waals surface area (Å²) in [6.45, 7) is 1.49. The molecular formula is C20H24N2O3. The van der Waals surface area contributed by atoms with Crippen LogP contribution >= 0.6 is 0 Å². The van der Waals surface area contributed by atoms with Gasteiger partial charge in [0.25, 0.3) is 0 Å². The van der Waals surface area contributed by atoms with Crippen molar-refractivity contribution in [1.82, 2.24) is 9.88 Å². The Bertz CT molecular complexity index is 688. The number of likely N-dealkylation sites (tertiary alicyclic amines) is 1. The Morgan fingerprint density at radius 1 is 1.32 bits per heavy atom. The maximum absolute atomic E-state index is 11.4. The molecule has 2 atom stereocenters. The molecule has 0 spiro atoms. The summed E-state index contributed by atoms with van der Waals surface area (Å²) in [6, 6.07) is 14.1. The lowest BCUT2D eigenvalue weighted by Crippen LogP contribution is -2.41. The Kier molecular flexibility index (Phi) is 5.66. The van der Waals surface area contributed by atoms with E-state index < -0.39 is 5.97 Å². The first-order valence-corrected chi connectivity index (χ1v) is 8.68. The standard InChI is InChI=1S/C20H24N2O3/c1-25-18-9-7-15(8-10-18)19(13-17-6-2-3-11-21-17)22-12-4-5-16(14-22)20(23)24/h2-3,6-11,16,19H,4-5,12-14H2,1H3,(H,23,24). The second kappa shape index (κ2) is 8.12. The third-order valence-electron chi connectivity index (χ3n) is 4.87. The van der Waals surface area contributed by atoms with Crippen LogP contribution in [0.4, 0.5) is 0 Å². The smallest absolute Gasteiger partial charge is 0.307 e. The van der Waals surface area contributed by atoms with Gasteiger partial charge >= 0.3 is 5.97 Å². The van der Waals surface area contributed by atoms with E-state index in [1.807, 2.05) is 30.3 Å². The van der Waals surface area contributed by atoms with Crippen molar-refractivity contribution in [3.05, 3.63) is 59.9 Å². The Hall–Kier alpha value is -2.40. The molecular weight excluding hydrogens is 316 g/mol. The molecule has 25 heavy (non-hydrogen) atoms. The number of benzene rings is 1. The summed E-state index contributed by atoms with van der Waals surface area (Å²) in [7, 11) is 1.66. The minimum Gasteiger partial charge on any atom is -0.497 e. The van der Waals surface area contributed by atoms with Gasteiger partial charge in [0.2, 0.25) is 0 Å². The lowest BCUT2D eigenvalue weighted by molar-refractivity contribution is -0.144. The summed E-state index contributed by atoms with van der Waals surface area (Å²) in [5.41, 5.74) is 2.18. The van der Waals surface area contributed by atoms with Crippen molar-refractivity contribution in [3.8, 4) is 5.75 Å². The number of methoxy groups -OCH3 is 1. The number of piperidine rings is 1. The number of aliphatic carboxylic acids is 1. The molecule has 2 unspecified atom stereocenters. The van der Waals surface area contributed by atoms with Crippen LogP contribution in [-0.4, -0.2) is 41.2 Å². The van der Waals surface area contributed by atoms with Crippen molar-refractivity contribution in [2.45, 2.75) is 25.3 Å². The summed E-state index contributed by atoms with van der Waals surface area (Å²) in [5.74, 6) is -0.170. The van der Waals surface area contributed by atoms with Crippen LogP contribution < -0.4 is 4.74 Å². The lowest BCUT2D eigenvalue weighted by Gasteiger charge is -2.37. The largest absolute Gasteiger partial charge is 0.497 e. The fourth-order valence-electron chi connectivity index (χ4n) is 3.49. The topological polar surface area (TPSA) is 62.7 Å². The number of hydrogen-bond donors (Lipinski definition) is 1. The number of aromatic nitrogens is 1. The van der Waals surface area contributed by atoms with Gasteiger partial charge in [0.1, 0.15) is 5.75 Å². The van der Waals surface area contributed by atoms with E-state index in [0.29, 0.717) is 6.54 Å². The van der Waals surface area contributed by atoms with Gasteiger partial charge in [0, 0.05) is 30.9 Å². The highest BCUT2D eigenvalue weighted by Crippen LogP contribution is 2.30. The summed E-state index contributed by atoms with van der Waals surface area (Å²) < 4.78 is 5.26. The Labute approximate surface area is 148 Å². The second-order valence-electron chi connectivity index (χ2n) is 6.49. The molecule has 1 N–H and O–H groups in total. The quantitative estimate of drug-likeness (QED) is 0.875. The fraction of sp³-hybridized carbons (Fsp3) is 0.400. The first-order valence-electron chi connectivity index (χ1n) is 8.68. The Morgan fingerprint density at radius 2 is 2.12 bits per heavy atom. The zero-order chi connectivity index (χ0) is 17.6. The van der Waals surface area contributed by atoms with E-state index in [2.05, 4.69) is 22.0 Å². The average Bonchev–Trinajstić information content (AvgIpc) is 2.67. The van der Waals surface area contributed by atoms with E-state index >= 15 is 0 Å². The molecule has 0 saturated carbocycles. The number of nitrogens with zero attached hydrogens (tertiary/aromatic N) is 2. The average molecular weight is 340 g/mol. The minimum atomic E-state index is -0.698. The highest BCUT2D eigenvalue weighted by molar-refractivity contribution is 5.70. The van der Waals surface area contributed by atoms with Gasteiger partial charge in [-0.3, -0.25) is 14.7 Å². The SMILES string of the molecule is COc1ccc(C(Cc2ccccn2)N2CCCC(C(=O)O)C2)cc1. The molecule has 1 aromatic carbocycles. The number of hydrogen-bond acceptors (Lipinski definition) is 4. The molecule has 1 saturated heterocycles. The molecule has 1 aliphatic heterocycles. The van der Waals surface area contributed by atoms with Crippen LogP contribution in [0.2, 0.25) is 0 Å². The monoisotopic (exact) mass is 340 g/mol. The maximum atomic E-state index is 11.4. The van der Waals surface area contributed by atoms with Crippen LogP contribution in [0.3, 0.4) is 0 Å². The van der Waals surface area contributed by atoms with Crippen LogP contribution in [-0.2, 0) is 11.2 Å². The van der Waals surface area contributed by atoms with Crippen LogP contribution in [0.5, 0.6) is 5.75 Å². The molecule has 3 rings (SSSR count). The zero-order valence-electron chi connectivity index (χ0n) is 14.5. The highest BCUT2D eigenvalue weighted by Gasteiger charge is 2.30. The molecule has 0 amide bonds. The molecule has 0 radical (unpaired) electrons. The Morgan fingerprint density at radius 3 is 2.76 bits per heavy atom. The van der Waals surface area contributed by atoms with Gasteiger partial charge in [-0.25, -0.2) is 0 Å². The molecule has 5 heteroatoms. The summed E-state index contributed by atoms with van der Waals surface area (Å²) >= 11 is 0. The van der Waals surface area contributed by atoms with E-state index in [1.165, 1.54) is 0 Å². The van der Waals surface area contributed by atoms with Gasteiger partial charge < -0.3 is 9.84 Å². The van der Waals surface area contributed by atoms with Crippen molar-refractivity contribution in [2.24, 2.45) is 5.92 Å². The van der Waals surface area contributed by atoms with Crippen molar-refractivity contribution in [2.75, 3.05) is 20.2 Å². The van der Waals surface area contributed by atoms with Crippen molar-refractivity contribution in [1.29, 1.82) is 0 Å². The van der Waals surface area contributed by atoms with E-state index in [4.69, 9.17) is 4.74 Å². The van der Waals surface area contributed by atoms with Gasteiger partial charge in [-0.15, -0.1) is 0 Å². The number of pyridine rings is 1. The summed E-state index contributed by atoms with van der Waals surface area (Å²) in [4.78, 5) is 18.2. The van der Waals surface area contributed by atoms with Crippen molar-refractivity contribution >= 4 is 5.97 Å². The van der Waals surface area contributed by atoms with Gasteiger partial charge in [-0.1, -0.05) is 18.2 Å². The molecule has 1 aromatic heterocycles. The zero-order valence-corrected chi connectivity index (χ0v) is 14.5. The lowest BCUT2D eigenvalue weighted by atomic mass is 9.93. The van der Waals surface area contributed by atoms with Gasteiger partial charge in [-0.05, 0) is 49.2 Å². The molecule has 2 heterocycles. The second-order valence-corrected chi connectivity index (χ2v) is 6.49. The van der Waals surface area contributed by atoms with Gasteiger partial charge in [-0.2, -0.15) is 0 Å².